The molecule has 0 aliphatic carbocycles. The highest BCUT2D eigenvalue weighted by molar-refractivity contribution is 7.89. The fourth-order valence-electron chi connectivity index (χ4n) is 1.90. The molecule has 0 aliphatic heterocycles. The number of nitrogens with one attached hydrogen (secondary N) is 1. The van der Waals surface area contributed by atoms with Gasteiger partial charge in [-0.1, -0.05) is 6.07 Å². The summed E-state index contributed by atoms with van der Waals surface area (Å²) in [6.07, 6.45) is 1.51. The minimum absolute atomic E-state index is 0.0193. The standard InChI is InChI=1S/C13H15N3O2S/c1-9-6-10(2)8-11(7-9)16-13-12(19(14,17)18)4-3-5-15-13/h3-8H,1-2H3,(H,15,16)(H2,14,17,18). The maximum Gasteiger partial charge on any atom is 0.241 e. The van der Waals surface area contributed by atoms with Crippen molar-refractivity contribution in [1.82, 2.24) is 4.98 Å². The molecule has 100 valence electrons. The molecule has 3 N–H and O–H groups in total. The van der Waals surface area contributed by atoms with E-state index in [-0.39, 0.29) is 10.7 Å². The molecule has 2 aromatic rings. The van der Waals surface area contributed by atoms with Crippen molar-refractivity contribution in [2.75, 3.05) is 5.32 Å². The van der Waals surface area contributed by atoms with Crippen molar-refractivity contribution in [1.29, 1.82) is 0 Å². The lowest BCUT2D eigenvalue weighted by Gasteiger charge is -2.10. The van der Waals surface area contributed by atoms with E-state index >= 15 is 0 Å². The molecule has 5 nitrogen and oxygen atoms in total. The van der Waals surface area contributed by atoms with E-state index in [0.717, 1.165) is 16.8 Å². The molecule has 0 saturated carbocycles. The molecule has 2 rings (SSSR count). The summed E-state index contributed by atoms with van der Waals surface area (Å²) in [5.74, 6) is 0.231. The zero-order chi connectivity index (χ0) is 14.0. The lowest BCUT2D eigenvalue weighted by molar-refractivity contribution is 0.598. The molecule has 0 saturated heterocycles. The van der Waals surface area contributed by atoms with E-state index in [2.05, 4.69) is 10.3 Å². The van der Waals surface area contributed by atoms with Crippen LogP contribution >= 0.6 is 0 Å². The average Bonchev–Trinajstić information content (AvgIpc) is 2.26. The van der Waals surface area contributed by atoms with Gasteiger partial charge in [0.1, 0.15) is 4.90 Å². The molecular formula is C13H15N3O2S. The topological polar surface area (TPSA) is 85.1 Å². The largest absolute Gasteiger partial charge is 0.339 e. The van der Waals surface area contributed by atoms with Crippen LogP contribution in [-0.2, 0) is 10.0 Å². The average molecular weight is 277 g/mol. The monoisotopic (exact) mass is 277 g/mol. The Bertz CT molecular complexity index is 691. The van der Waals surface area contributed by atoms with Crippen molar-refractivity contribution in [2.24, 2.45) is 5.14 Å². The third kappa shape index (κ3) is 3.30. The first-order valence-corrected chi connectivity index (χ1v) is 7.24. The van der Waals surface area contributed by atoms with Crippen LogP contribution in [0.25, 0.3) is 0 Å². The number of benzene rings is 1. The molecule has 0 radical (unpaired) electrons. The summed E-state index contributed by atoms with van der Waals surface area (Å²) in [6, 6.07) is 8.81. The van der Waals surface area contributed by atoms with Crippen molar-refractivity contribution < 1.29 is 8.42 Å². The van der Waals surface area contributed by atoms with E-state index in [1.807, 2.05) is 32.0 Å². The summed E-state index contributed by atoms with van der Waals surface area (Å²) >= 11 is 0. The van der Waals surface area contributed by atoms with Gasteiger partial charge >= 0.3 is 0 Å². The Morgan fingerprint density at radius 1 is 1.16 bits per heavy atom. The van der Waals surface area contributed by atoms with Gasteiger partial charge in [0, 0.05) is 11.9 Å². The number of aromatic nitrogens is 1. The molecule has 0 amide bonds. The van der Waals surface area contributed by atoms with Crippen LogP contribution in [0, 0.1) is 13.8 Å². The molecule has 0 unspecified atom stereocenters. The molecule has 1 heterocycles. The van der Waals surface area contributed by atoms with Gasteiger partial charge in [0.25, 0.3) is 0 Å². The van der Waals surface area contributed by atoms with Crippen molar-refractivity contribution in [2.45, 2.75) is 18.7 Å². The second kappa shape index (κ2) is 4.99. The second-order valence-corrected chi connectivity index (χ2v) is 5.93. The highest BCUT2D eigenvalue weighted by Gasteiger charge is 2.14. The summed E-state index contributed by atoms with van der Waals surface area (Å²) in [5.41, 5.74) is 2.94. The predicted octanol–water partition coefficient (Wildman–Crippen LogP) is 2.09. The number of anilines is 2. The zero-order valence-corrected chi connectivity index (χ0v) is 11.5. The number of pyridine rings is 1. The number of rotatable bonds is 3. The fraction of sp³-hybridized carbons (Fsp3) is 0.154. The quantitative estimate of drug-likeness (QED) is 0.899. The van der Waals surface area contributed by atoms with Gasteiger partial charge in [-0.2, -0.15) is 0 Å². The van der Waals surface area contributed by atoms with E-state index in [4.69, 9.17) is 5.14 Å². The number of hydrogen-bond donors (Lipinski definition) is 2. The van der Waals surface area contributed by atoms with Crippen LogP contribution in [-0.4, -0.2) is 13.4 Å². The van der Waals surface area contributed by atoms with Gasteiger partial charge in [-0.05, 0) is 49.2 Å². The Kier molecular flexibility index (Phi) is 3.55. The highest BCUT2D eigenvalue weighted by atomic mass is 32.2. The first kappa shape index (κ1) is 13.5. The summed E-state index contributed by atoms with van der Waals surface area (Å²) in [7, 11) is -3.80. The molecule has 1 aromatic carbocycles. The van der Waals surface area contributed by atoms with Crippen molar-refractivity contribution in [3.05, 3.63) is 47.7 Å². The van der Waals surface area contributed by atoms with Gasteiger partial charge in [0.15, 0.2) is 5.82 Å². The molecule has 19 heavy (non-hydrogen) atoms. The summed E-state index contributed by atoms with van der Waals surface area (Å²) < 4.78 is 23.0. The maximum atomic E-state index is 11.5. The smallest absolute Gasteiger partial charge is 0.241 e. The van der Waals surface area contributed by atoms with E-state index in [1.165, 1.54) is 18.3 Å². The van der Waals surface area contributed by atoms with Gasteiger partial charge in [-0.25, -0.2) is 18.5 Å². The summed E-state index contributed by atoms with van der Waals surface area (Å²) in [4.78, 5) is 4.01. The van der Waals surface area contributed by atoms with E-state index in [9.17, 15) is 8.42 Å². The van der Waals surface area contributed by atoms with Crippen LogP contribution in [0.2, 0.25) is 0 Å². The number of sulfonamides is 1. The molecule has 0 fully saturated rings. The first-order valence-electron chi connectivity index (χ1n) is 5.69. The maximum absolute atomic E-state index is 11.5. The van der Waals surface area contributed by atoms with Gasteiger partial charge in [0.2, 0.25) is 10.0 Å². The molecule has 0 bridgehead atoms. The van der Waals surface area contributed by atoms with Crippen LogP contribution in [0.4, 0.5) is 11.5 Å². The minimum Gasteiger partial charge on any atom is -0.339 e. The Morgan fingerprint density at radius 2 is 1.79 bits per heavy atom. The Morgan fingerprint density at radius 3 is 2.37 bits per heavy atom. The third-order valence-electron chi connectivity index (χ3n) is 2.56. The molecule has 1 aromatic heterocycles. The lowest BCUT2D eigenvalue weighted by Crippen LogP contribution is -2.14. The summed E-state index contributed by atoms with van der Waals surface area (Å²) in [6.45, 7) is 3.94. The van der Waals surface area contributed by atoms with Crippen LogP contribution < -0.4 is 10.5 Å². The van der Waals surface area contributed by atoms with Crippen LogP contribution in [0.3, 0.4) is 0 Å². The van der Waals surface area contributed by atoms with Gasteiger partial charge in [-0.15, -0.1) is 0 Å². The molecule has 0 spiro atoms. The molecule has 0 atom stereocenters. The first-order chi connectivity index (χ1) is 8.86. The Hall–Kier alpha value is -1.92. The Labute approximate surface area is 112 Å². The zero-order valence-electron chi connectivity index (χ0n) is 10.7. The molecular weight excluding hydrogens is 262 g/mol. The SMILES string of the molecule is Cc1cc(C)cc(Nc2ncccc2S(N)(=O)=O)c1. The lowest BCUT2D eigenvalue weighted by atomic mass is 10.1. The number of aryl methyl sites for hydroxylation is 2. The number of hydrogen-bond acceptors (Lipinski definition) is 4. The normalized spacial score (nSPS) is 11.3. The van der Waals surface area contributed by atoms with E-state index in [1.54, 1.807) is 0 Å². The van der Waals surface area contributed by atoms with Crippen LogP contribution in [0.1, 0.15) is 11.1 Å². The number of nitrogens with zero attached hydrogens (tertiary/aromatic N) is 1. The van der Waals surface area contributed by atoms with Crippen molar-refractivity contribution in [3.63, 3.8) is 0 Å². The minimum atomic E-state index is -3.80. The fourth-order valence-corrected chi connectivity index (χ4v) is 2.54. The molecule has 6 heteroatoms. The number of primary sulfonamides is 1. The predicted molar refractivity (Wildman–Crippen MR) is 74.8 cm³/mol. The van der Waals surface area contributed by atoms with Gasteiger partial charge in [0.05, 0.1) is 0 Å². The van der Waals surface area contributed by atoms with Crippen LogP contribution in [0.15, 0.2) is 41.4 Å². The van der Waals surface area contributed by atoms with Crippen LogP contribution in [0.5, 0.6) is 0 Å². The van der Waals surface area contributed by atoms with Crippen molar-refractivity contribution >= 4 is 21.5 Å². The second-order valence-electron chi connectivity index (χ2n) is 4.40. The van der Waals surface area contributed by atoms with Gasteiger partial charge < -0.3 is 5.32 Å². The Balaban J connectivity index is 2.44. The van der Waals surface area contributed by atoms with E-state index in [0.29, 0.717) is 0 Å². The summed E-state index contributed by atoms with van der Waals surface area (Å²) in [5, 5.41) is 8.15. The van der Waals surface area contributed by atoms with Gasteiger partial charge in [-0.3, -0.25) is 0 Å². The van der Waals surface area contributed by atoms with Crippen molar-refractivity contribution in [3.8, 4) is 0 Å². The third-order valence-corrected chi connectivity index (χ3v) is 3.50. The highest BCUT2D eigenvalue weighted by Crippen LogP contribution is 2.22. The number of nitrogens with two attached hydrogens (primary N) is 1. The van der Waals surface area contributed by atoms with E-state index < -0.39 is 10.0 Å². The molecule has 0 aliphatic rings.